The van der Waals surface area contributed by atoms with Gasteiger partial charge >= 0.3 is 0 Å². The summed E-state index contributed by atoms with van der Waals surface area (Å²) in [4.78, 5) is 32.0. The molecule has 8 nitrogen and oxygen atoms in total. The van der Waals surface area contributed by atoms with E-state index in [2.05, 4.69) is 69.3 Å². The van der Waals surface area contributed by atoms with Gasteiger partial charge in [0.2, 0.25) is 0 Å². The number of hydrogen-bond acceptors (Lipinski definition) is 6. The Bertz CT molecular complexity index is 1520. The number of likely N-dealkylation sites (tertiary alicyclic amines) is 1. The molecule has 9 heteroatoms. The molecule has 2 fully saturated rings. The highest BCUT2D eigenvalue weighted by atomic mass is 35.5. The number of anilines is 2. The Morgan fingerprint density at radius 1 is 1.05 bits per heavy atom. The maximum atomic E-state index is 13.5. The number of pyridine rings is 1. The molecule has 1 unspecified atom stereocenters. The highest BCUT2D eigenvalue weighted by molar-refractivity contribution is 6.31. The summed E-state index contributed by atoms with van der Waals surface area (Å²) in [6.07, 6.45) is 3.23. The number of fused-ring (bicyclic) bond motifs is 2. The van der Waals surface area contributed by atoms with Crippen LogP contribution in [-0.4, -0.2) is 84.7 Å². The van der Waals surface area contributed by atoms with Gasteiger partial charge < -0.3 is 30.0 Å². The minimum atomic E-state index is -0.166. The summed E-state index contributed by atoms with van der Waals surface area (Å²) < 4.78 is 0. The summed E-state index contributed by atoms with van der Waals surface area (Å²) in [6.45, 7) is 5.26. The number of nitrogens with zero attached hydrogens (tertiary/aromatic N) is 4. The number of benzene rings is 2. The zero-order valence-electron chi connectivity index (χ0n) is 22.4. The Balaban J connectivity index is 1.39. The predicted octanol–water partition coefficient (Wildman–Crippen LogP) is 4.62. The van der Waals surface area contributed by atoms with Gasteiger partial charge in [-0.05, 0) is 95.8 Å². The van der Waals surface area contributed by atoms with Crippen molar-refractivity contribution in [2.24, 2.45) is 5.92 Å². The number of imidazole rings is 1. The lowest BCUT2D eigenvalue weighted by atomic mass is 10.0. The third-order valence-corrected chi connectivity index (χ3v) is 8.25. The minimum Gasteiger partial charge on any atom is -0.381 e. The molecule has 2 saturated heterocycles. The maximum absolute atomic E-state index is 13.5. The van der Waals surface area contributed by atoms with Crippen LogP contribution < -0.4 is 15.8 Å². The molecule has 0 spiro atoms. The average Bonchev–Trinajstić information content (AvgIpc) is 3.52. The number of hydrogen-bond donors (Lipinski definition) is 3. The summed E-state index contributed by atoms with van der Waals surface area (Å²) in [5, 5.41) is 5.26. The molecule has 1 atom stereocenters. The second kappa shape index (κ2) is 10.2. The van der Waals surface area contributed by atoms with E-state index >= 15 is 0 Å². The first-order valence-electron chi connectivity index (χ1n) is 13.5. The van der Waals surface area contributed by atoms with E-state index in [1.807, 2.05) is 18.2 Å². The van der Waals surface area contributed by atoms with Crippen molar-refractivity contribution in [3.05, 3.63) is 51.8 Å². The number of piperidine rings is 1. The van der Waals surface area contributed by atoms with Crippen molar-refractivity contribution in [2.75, 3.05) is 64.1 Å². The van der Waals surface area contributed by atoms with Gasteiger partial charge in [0.05, 0.1) is 22.2 Å². The minimum absolute atomic E-state index is 0.166. The average molecular weight is 534 g/mol. The largest absolute Gasteiger partial charge is 0.381 e. The topological polar surface area (TPSA) is 83.3 Å². The molecule has 2 aliphatic rings. The van der Waals surface area contributed by atoms with E-state index in [9.17, 15) is 4.79 Å². The molecule has 4 aromatic rings. The van der Waals surface area contributed by atoms with Gasteiger partial charge in [-0.15, -0.1) is 0 Å². The Morgan fingerprint density at radius 2 is 1.87 bits per heavy atom. The summed E-state index contributed by atoms with van der Waals surface area (Å²) >= 11 is 6.42. The SMILES string of the molecule is CN(C)CC1CCN(c2ccc3nc(-c4c(NC5CCN(C)CC5)c5cc(Cl)ccc5[nH]c4=O)[nH]c3c2)C1. The predicted molar refractivity (Wildman–Crippen MR) is 158 cm³/mol. The second-order valence-electron chi connectivity index (χ2n) is 11.3. The fourth-order valence-electron chi connectivity index (χ4n) is 6.04. The second-order valence-corrected chi connectivity index (χ2v) is 11.7. The lowest BCUT2D eigenvalue weighted by molar-refractivity contribution is 0.264. The first-order valence-corrected chi connectivity index (χ1v) is 13.9. The Labute approximate surface area is 228 Å². The molecule has 0 bridgehead atoms. The van der Waals surface area contributed by atoms with Crippen LogP contribution >= 0.6 is 11.6 Å². The van der Waals surface area contributed by atoms with Crippen molar-refractivity contribution in [3.8, 4) is 11.4 Å². The van der Waals surface area contributed by atoms with Gasteiger partial charge in [-0.1, -0.05) is 11.6 Å². The quantitative estimate of drug-likeness (QED) is 0.335. The molecule has 38 heavy (non-hydrogen) atoms. The van der Waals surface area contributed by atoms with E-state index in [1.165, 1.54) is 12.1 Å². The standard InChI is InChI=1S/C29H36ClN7O/c1-35(2)16-18-8-13-37(17-18)21-5-7-24-25(15-21)33-28(32-24)26-27(31-20-9-11-36(3)12-10-20)22-14-19(30)4-6-23(22)34-29(26)38/h4-7,14-15,18,20H,8-13,16-17H2,1-3H3,(H,32,33)(H2,31,34,38). The van der Waals surface area contributed by atoms with Gasteiger partial charge in [-0.3, -0.25) is 4.79 Å². The van der Waals surface area contributed by atoms with Gasteiger partial charge in [-0.25, -0.2) is 4.98 Å². The number of nitrogens with one attached hydrogen (secondary N) is 3. The van der Waals surface area contributed by atoms with Crippen LogP contribution in [0.15, 0.2) is 41.2 Å². The van der Waals surface area contributed by atoms with E-state index in [0.717, 1.165) is 73.2 Å². The summed E-state index contributed by atoms with van der Waals surface area (Å²) in [5.74, 6) is 1.25. The molecule has 2 aliphatic heterocycles. The van der Waals surface area contributed by atoms with Crippen LogP contribution in [0.25, 0.3) is 33.3 Å². The fourth-order valence-corrected chi connectivity index (χ4v) is 6.22. The van der Waals surface area contributed by atoms with E-state index in [4.69, 9.17) is 16.6 Å². The van der Waals surface area contributed by atoms with Crippen molar-refractivity contribution in [2.45, 2.75) is 25.3 Å². The lowest BCUT2D eigenvalue weighted by Gasteiger charge is -2.31. The van der Waals surface area contributed by atoms with Gasteiger partial charge in [0.1, 0.15) is 11.4 Å². The number of rotatable bonds is 6. The molecule has 6 rings (SSSR count). The maximum Gasteiger partial charge on any atom is 0.261 e. The highest BCUT2D eigenvalue weighted by Gasteiger charge is 2.25. The highest BCUT2D eigenvalue weighted by Crippen LogP contribution is 2.35. The molecule has 0 radical (unpaired) electrons. The van der Waals surface area contributed by atoms with Crippen molar-refractivity contribution in [1.82, 2.24) is 24.8 Å². The third kappa shape index (κ3) is 5.00. The van der Waals surface area contributed by atoms with Gasteiger partial charge in [-0.2, -0.15) is 0 Å². The van der Waals surface area contributed by atoms with Gasteiger partial charge in [0, 0.05) is 41.8 Å². The Kier molecular flexibility index (Phi) is 6.80. The van der Waals surface area contributed by atoms with Crippen molar-refractivity contribution < 1.29 is 0 Å². The molecule has 4 heterocycles. The van der Waals surface area contributed by atoms with Crippen LogP contribution in [0.3, 0.4) is 0 Å². The smallest absolute Gasteiger partial charge is 0.261 e. The molecule has 2 aromatic carbocycles. The normalized spacial score (nSPS) is 19.3. The Morgan fingerprint density at radius 3 is 2.66 bits per heavy atom. The first kappa shape index (κ1) is 25.2. The molecule has 200 valence electrons. The van der Waals surface area contributed by atoms with Crippen LogP contribution in [0.5, 0.6) is 0 Å². The monoisotopic (exact) mass is 533 g/mol. The van der Waals surface area contributed by atoms with Gasteiger partial charge in [0.25, 0.3) is 5.56 Å². The van der Waals surface area contributed by atoms with Gasteiger partial charge in [0.15, 0.2) is 0 Å². The summed E-state index contributed by atoms with van der Waals surface area (Å²) in [6, 6.07) is 12.2. The van der Waals surface area contributed by atoms with Crippen molar-refractivity contribution >= 4 is 44.9 Å². The molecular weight excluding hydrogens is 498 g/mol. The van der Waals surface area contributed by atoms with Crippen LogP contribution in [-0.2, 0) is 0 Å². The van der Waals surface area contributed by atoms with Crippen LogP contribution in [0, 0.1) is 5.92 Å². The fraction of sp³-hybridized carbons (Fsp3) is 0.448. The molecule has 0 amide bonds. The summed E-state index contributed by atoms with van der Waals surface area (Å²) in [7, 11) is 6.43. The van der Waals surface area contributed by atoms with Crippen LogP contribution in [0.1, 0.15) is 19.3 Å². The van der Waals surface area contributed by atoms with Crippen LogP contribution in [0.2, 0.25) is 5.02 Å². The number of halogens is 1. The van der Waals surface area contributed by atoms with E-state index < -0.39 is 0 Å². The molecule has 0 saturated carbocycles. The number of aromatic nitrogens is 3. The zero-order chi connectivity index (χ0) is 26.4. The molecule has 3 N–H and O–H groups in total. The molecule has 2 aromatic heterocycles. The van der Waals surface area contributed by atoms with Crippen molar-refractivity contribution in [3.63, 3.8) is 0 Å². The van der Waals surface area contributed by atoms with E-state index in [1.54, 1.807) is 0 Å². The van der Waals surface area contributed by atoms with E-state index in [-0.39, 0.29) is 11.6 Å². The van der Waals surface area contributed by atoms with Crippen LogP contribution in [0.4, 0.5) is 11.4 Å². The first-order chi connectivity index (χ1) is 18.3. The van der Waals surface area contributed by atoms with Crippen molar-refractivity contribution in [1.29, 1.82) is 0 Å². The van der Waals surface area contributed by atoms with E-state index in [0.29, 0.717) is 22.3 Å². The summed E-state index contributed by atoms with van der Waals surface area (Å²) in [5.41, 5.74) is 4.90. The molecule has 0 aliphatic carbocycles. The molecular formula is C29H36ClN7O. The third-order valence-electron chi connectivity index (χ3n) is 8.02. The zero-order valence-corrected chi connectivity index (χ0v) is 23.1. The Hall–Kier alpha value is -3.07. The lowest BCUT2D eigenvalue weighted by Crippen LogP contribution is -2.37. The number of aromatic amines is 2. The number of H-pyrrole nitrogens is 2.